The van der Waals surface area contributed by atoms with Crippen molar-refractivity contribution in [2.24, 2.45) is 0 Å². The van der Waals surface area contributed by atoms with Gasteiger partial charge in [-0.05, 0) is 55.3 Å². The van der Waals surface area contributed by atoms with Crippen LogP contribution in [0, 0.1) is 0 Å². The van der Waals surface area contributed by atoms with Crippen molar-refractivity contribution in [2.45, 2.75) is 25.9 Å². The van der Waals surface area contributed by atoms with Crippen molar-refractivity contribution in [1.82, 2.24) is 14.8 Å². The van der Waals surface area contributed by atoms with Crippen LogP contribution in [0.25, 0.3) is 0 Å². The Morgan fingerprint density at radius 2 is 2.00 bits per heavy atom. The number of benzene rings is 1. The highest BCUT2D eigenvalue weighted by Gasteiger charge is 2.29. The molecule has 0 unspecified atom stereocenters. The fourth-order valence-electron chi connectivity index (χ4n) is 3.60. The maximum absolute atomic E-state index is 12.1. The first-order chi connectivity index (χ1) is 13.2. The van der Waals surface area contributed by atoms with Crippen LogP contribution in [0.3, 0.4) is 0 Å². The van der Waals surface area contributed by atoms with Crippen LogP contribution in [-0.2, 0) is 11.3 Å². The average molecular weight is 369 g/mol. The molecule has 1 fully saturated rings. The quantitative estimate of drug-likeness (QED) is 0.810. The SMILES string of the molecule is CCOc1cccc([C@@H](C(=O)O)N2CCCN(Cc3ccncc3)CC2)c1. The Kier molecular flexibility index (Phi) is 6.79. The molecule has 0 radical (unpaired) electrons. The third kappa shape index (κ3) is 5.28. The van der Waals surface area contributed by atoms with E-state index in [1.807, 2.05) is 55.7 Å². The summed E-state index contributed by atoms with van der Waals surface area (Å²) in [5, 5.41) is 9.89. The molecule has 2 heterocycles. The lowest BCUT2D eigenvalue weighted by molar-refractivity contribution is -0.143. The molecule has 0 spiro atoms. The summed E-state index contributed by atoms with van der Waals surface area (Å²) in [6.45, 7) is 6.65. The number of pyridine rings is 1. The molecule has 1 saturated heterocycles. The summed E-state index contributed by atoms with van der Waals surface area (Å²) in [5.74, 6) is -0.0957. The highest BCUT2D eigenvalue weighted by Crippen LogP contribution is 2.26. The summed E-state index contributed by atoms with van der Waals surface area (Å²) in [4.78, 5) is 20.6. The van der Waals surface area contributed by atoms with E-state index in [-0.39, 0.29) is 0 Å². The minimum Gasteiger partial charge on any atom is -0.494 e. The monoisotopic (exact) mass is 369 g/mol. The number of hydrogen-bond acceptors (Lipinski definition) is 5. The molecule has 6 heteroatoms. The zero-order chi connectivity index (χ0) is 19.1. The molecule has 0 aliphatic carbocycles. The topological polar surface area (TPSA) is 65.9 Å². The molecule has 2 aromatic rings. The first-order valence-electron chi connectivity index (χ1n) is 9.48. The number of aromatic nitrogens is 1. The molecule has 6 nitrogen and oxygen atoms in total. The van der Waals surface area contributed by atoms with E-state index in [0.29, 0.717) is 6.61 Å². The molecule has 144 valence electrons. The van der Waals surface area contributed by atoms with Gasteiger partial charge < -0.3 is 9.84 Å². The molecule has 0 saturated carbocycles. The van der Waals surface area contributed by atoms with Gasteiger partial charge in [0, 0.05) is 38.6 Å². The van der Waals surface area contributed by atoms with Crippen molar-refractivity contribution in [3.05, 3.63) is 59.9 Å². The molecule has 0 amide bonds. The van der Waals surface area contributed by atoms with Crippen molar-refractivity contribution < 1.29 is 14.6 Å². The van der Waals surface area contributed by atoms with E-state index < -0.39 is 12.0 Å². The van der Waals surface area contributed by atoms with E-state index in [2.05, 4.69) is 14.8 Å². The van der Waals surface area contributed by atoms with Crippen LogP contribution >= 0.6 is 0 Å². The lowest BCUT2D eigenvalue weighted by atomic mass is 10.0. The molecular formula is C21H27N3O3. The Bertz CT molecular complexity index is 738. The number of hydrogen-bond donors (Lipinski definition) is 1. The zero-order valence-electron chi connectivity index (χ0n) is 15.8. The van der Waals surface area contributed by atoms with Gasteiger partial charge in [0.1, 0.15) is 11.8 Å². The Balaban J connectivity index is 1.69. The minimum absolute atomic E-state index is 0.564. The summed E-state index contributed by atoms with van der Waals surface area (Å²) in [5.41, 5.74) is 2.01. The fourth-order valence-corrected chi connectivity index (χ4v) is 3.60. The second-order valence-electron chi connectivity index (χ2n) is 6.77. The highest BCUT2D eigenvalue weighted by atomic mass is 16.5. The van der Waals surface area contributed by atoms with Crippen molar-refractivity contribution in [3.63, 3.8) is 0 Å². The average Bonchev–Trinajstić information content (AvgIpc) is 2.89. The molecular weight excluding hydrogens is 342 g/mol. The van der Waals surface area contributed by atoms with E-state index in [0.717, 1.165) is 50.5 Å². The van der Waals surface area contributed by atoms with Gasteiger partial charge in [0.15, 0.2) is 0 Å². The summed E-state index contributed by atoms with van der Waals surface area (Å²) >= 11 is 0. The van der Waals surface area contributed by atoms with E-state index in [4.69, 9.17) is 4.74 Å². The normalized spacial score (nSPS) is 17.2. The third-order valence-electron chi connectivity index (χ3n) is 4.86. The number of ether oxygens (including phenoxy) is 1. The second kappa shape index (κ2) is 9.48. The van der Waals surface area contributed by atoms with Crippen molar-refractivity contribution in [2.75, 3.05) is 32.8 Å². The molecule has 1 N–H and O–H groups in total. The Labute approximate surface area is 160 Å². The van der Waals surface area contributed by atoms with Crippen LogP contribution < -0.4 is 4.74 Å². The van der Waals surface area contributed by atoms with Gasteiger partial charge in [-0.1, -0.05) is 12.1 Å². The molecule has 3 rings (SSSR count). The van der Waals surface area contributed by atoms with Crippen molar-refractivity contribution in [3.8, 4) is 5.75 Å². The zero-order valence-corrected chi connectivity index (χ0v) is 15.8. The largest absolute Gasteiger partial charge is 0.494 e. The number of carboxylic acids is 1. The van der Waals surface area contributed by atoms with Crippen LogP contribution in [0.5, 0.6) is 5.75 Å². The number of carbonyl (C=O) groups is 1. The fraction of sp³-hybridized carbons (Fsp3) is 0.429. The van der Waals surface area contributed by atoms with Crippen molar-refractivity contribution in [1.29, 1.82) is 0 Å². The Morgan fingerprint density at radius 1 is 1.19 bits per heavy atom. The summed E-state index contributed by atoms with van der Waals surface area (Å²) < 4.78 is 5.55. The molecule has 1 aliphatic rings. The van der Waals surface area contributed by atoms with Gasteiger partial charge in [-0.3, -0.25) is 19.6 Å². The molecule has 27 heavy (non-hydrogen) atoms. The van der Waals surface area contributed by atoms with Crippen LogP contribution in [0.4, 0.5) is 0 Å². The molecule has 0 bridgehead atoms. The minimum atomic E-state index is -0.814. The maximum Gasteiger partial charge on any atom is 0.325 e. The summed E-state index contributed by atoms with van der Waals surface area (Å²) in [6, 6.07) is 10.9. The van der Waals surface area contributed by atoms with Gasteiger partial charge in [0.2, 0.25) is 0 Å². The second-order valence-corrected chi connectivity index (χ2v) is 6.77. The van der Waals surface area contributed by atoms with Gasteiger partial charge >= 0.3 is 5.97 Å². The smallest absolute Gasteiger partial charge is 0.325 e. The van der Waals surface area contributed by atoms with E-state index in [1.54, 1.807) is 0 Å². The maximum atomic E-state index is 12.1. The van der Waals surface area contributed by atoms with Gasteiger partial charge in [-0.15, -0.1) is 0 Å². The number of nitrogens with zero attached hydrogens (tertiary/aromatic N) is 3. The van der Waals surface area contributed by atoms with Gasteiger partial charge in [-0.2, -0.15) is 0 Å². The third-order valence-corrected chi connectivity index (χ3v) is 4.86. The first kappa shape index (κ1) is 19.3. The van der Waals surface area contributed by atoms with E-state index >= 15 is 0 Å². The van der Waals surface area contributed by atoms with Crippen LogP contribution in [0.15, 0.2) is 48.8 Å². The van der Waals surface area contributed by atoms with Crippen LogP contribution in [0.1, 0.15) is 30.5 Å². The number of rotatable bonds is 7. The molecule has 1 aromatic carbocycles. The van der Waals surface area contributed by atoms with Crippen LogP contribution in [0.2, 0.25) is 0 Å². The number of carboxylic acid groups (broad SMARTS) is 1. The summed E-state index contributed by atoms with van der Waals surface area (Å²) in [7, 11) is 0. The highest BCUT2D eigenvalue weighted by molar-refractivity contribution is 5.75. The lowest BCUT2D eigenvalue weighted by Crippen LogP contribution is -2.37. The van der Waals surface area contributed by atoms with Gasteiger partial charge in [0.25, 0.3) is 0 Å². The van der Waals surface area contributed by atoms with E-state index in [9.17, 15) is 9.90 Å². The van der Waals surface area contributed by atoms with Crippen LogP contribution in [-0.4, -0.2) is 58.6 Å². The van der Waals surface area contributed by atoms with Gasteiger partial charge in [-0.25, -0.2) is 0 Å². The summed E-state index contributed by atoms with van der Waals surface area (Å²) in [6.07, 6.45) is 4.57. The predicted octanol–water partition coefficient (Wildman–Crippen LogP) is 2.81. The Hall–Kier alpha value is -2.44. The standard InChI is InChI=1S/C21H27N3O3/c1-2-27-19-6-3-5-18(15-19)20(21(25)26)24-12-4-11-23(13-14-24)16-17-7-9-22-10-8-17/h3,5-10,15,20H,2,4,11-14,16H2,1H3,(H,25,26)/t20-/m0/s1. The van der Waals surface area contributed by atoms with Crippen molar-refractivity contribution >= 4 is 5.97 Å². The predicted molar refractivity (Wildman–Crippen MR) is 104 cm³/mol. The first-order valence-corrected chi connectivity index (χ1v) is 9.48. The lowest BCUT2D eigenvalue weighted by Gasteiger charge is -2.28. The Morgan fingerprint density at radius 3 is 2.74 bits per heavy atom. The molecule has 1 aromatic heterocycles. The van der Waals surface area contributed by atoms with E-state index in [1.165, 1.54) is 5.56 Å². The number of aliphatic carboxylic acids is 1. The molecule has 1 aliphatic heterocycles. The molecule has 1 atom stereocenters. The van der Waals surface area contributed by atoms with Gasteiger partial charge in [0.05, 0.1) is 6.61 Å².